The number of hydrogen-bond acceptors (Lipinski definition) is 1. The average molecular weight is 874 g/mol. The second kappa shape index (κ2) is 14.4. The van der Waals surface area contributed by atoms with E-state index in [1.54, 1.807) is 0 Å². The summed E-state index contributed by atoms with van der Waals surface area (Å²) in [7, 11) is 0. The summed E-state index contributed by atoms with van der Waals surface area (Å²) in [4.78, 5) is 2.53. The van der Waals surface area contributed by atoms with E-state index in [0.717, 1.165) is 17.1 Å². The summed E-state index contributed by atoms with van der Waals surface area (Å²) in [6.07, 6.45) is 0. The van der Waals surface area contributed by atoms with Crippen molar-refractivity contribution in [3.05, 3.63) is 305 Å². The van der Waals surface area contributed by atoms with Gasteiger partial charge in [0.15, 0.2) is 0 Å². The van der Waals surface area contributed by atoms with E-state index in [9.17, 15) is 0 Å². The van der Waals surface area contributed by atoms with Crippen molar-refractivity contribution in [3.8, 4) is 66.8 Å². The van der Waals surface area contributed by atoms with Gasteiger partial charge in [-0.3, -0.25) is 0 Å². The van der Waals surface area contributed by atoms with Crippen molar-refractivity contribution < 1.29 is 0 Å². The molecule has 0 unspecified atom stereocenters. The first kappa shape index (κ1) is 38.3. The van der Waals surface area contributed by atoms with Gasteiger partial charge in [-0.25, -0.2) is 0 Å². The van der Waals surface area contributed by atoms with Gasteiger partial charge in [0.25, 0.3) is 0 Å². The van der Waals surface area contributed by atoms with Crippen molar-refractivity contribution in [2.45, 2.75) is 10.8 Å². The Hall–Kier alpha value is -8.78. The summed E-state index contributed by atoms with van der Waals surface area (Å²) < 4.78 is 0. The Labute approximate surface area is 402 Å². The zero-order valence-electron chi connectivity index (χ0n) is 37.8. The molecule has 0 bridgehead atoms. The largest absolute Gasteiger partial charge is 0.310 e. The predicted octanol–water partition coefficient (Wildman–Crippen LogP) is 17.2. The lowest BCUT2D eigenvalue weighted by Gasteiger charge is -2.33. The van der Waals surface area contributed by atoms with Gasteiger partial charge < -0.3 is 4.90 Å². The molecule has 0 atom stereocenters. The Morgan fingerprint density at radius 3 is 0.942 bits per heavy atom. The van der Waals surface area contributed by atoms with Crippen LogP contribution in [0.4, 0.5) is 17.1 Å². The van der Waals surface area contributed by atoms with Crippen molar-refractivity contribution in [1.29, 1.82) is 0 Å². The number of hydrogen-bond donors (Lipinski definition) is 0. The Morgan fingerprint density at radius 1 is 0.188 bits per heavy atom. The molecular weight excluding hydrogens is 831 g/mol. The van der Waals surface area contributed by atoms with Crippen LogP contribution < -0.4 is 4.90 Å². The second-order valence-corrected chi connectivity index (χ2v) is 19.1. The third-order valence-electron chi connectivity index (χ3n) is 15.9. The van der Waals surface area contributed by atoms with Gasteiger partial charge in [-0.05, 0) is 154 Å². The molecule has 0 radical (unpaired) electrons. The first-order valence-corrected chi connectivity index (χ1v) is 24.2. The third-order valence-corrected chi connectivity index (χ3v) is 15.9. The molecule has 69 heavy (non-hydrogen) atoms. The molecule has 4 aliphatic carbocycles. The van der Waals surface area contributed by atoms with Crippen molar-refractivity contribution in [2.24, 2.45) is 0 Å². The molecule has 11 aromatic carbocycles. The molecule has 0 saturated heterocycles. The number of nitrogens with zero attached hydrogens (tertiary/aromatic N) is 1. The average Bonchev–Trinajstić information content (AvgIpc) is 4.10. The number of rotatable bonds is 5. The highest BCUT2D eigenvalue weighted by Gasteiger charge is 2.53. The highest BCUT2D eigenvalue weighted by atomic mass is 15.1. The maximum atomic E-state index is 2.53. The van der Waals surface area contributed by atoms with Gasteiger partial charge in [-0.15, -0.1) is 0 Å². The van der Waals surface area contributed by atoms with E-state index in [1.165, 1.54) is 111 Å². The lowest BCUT2D eigenvalue weighted by atomic mass is 9.70. The molecule has 0 aromatic heterocycles. The lowest BCUT2D eigenvalue weighted by Crippen LogP contribution is -2.26. The highest BCUT2D eigenvalue weighted by molar-refractivity contribution is 5.99. The van der Waals surface area contributed by atoms with Crippen LogP contribution in [0.1, 0.15) is 44.5 Å². The van der Waals surface area contributed by atoms with E-state index in [4.69, 9.17) is 0 Å². The summed E-state index contributed by atoms with van der Waals surface area (Å²) in [5.41, 5.74) is 28.2. The van der Waals surface area contributed by atoms with Crippen molar-refractivity contribution >= 4 is 17.1 Å². The molecule has 0 aliphatic heterocycles. The molecule has 4 aliphatic rings. The highest BCUT2D eigenvalue weighted by Crippen LogP contribution is 2.65. The van der Waals surface area contributed by atoms with Gasteiger partial charge in [0.1, 0.15) is 0 Å². The first-order chi connectivity index (χ1) is 34.2. The van der Waals surface area contributed by atoms with E-state index < -0.39 is 10.8 Å². The molecule has 11 aromatic rings. The summed E-state index contributed by atoms with van der Waals surface area (Å²) in [6.45, 7) is 0. The van der Waals surface area contributed by atoms with Crippen LogP contribution >= 0.6 is 0 Å². The van der Waals surface area contributed by atoms with E-state index in [-0.39, 0.29) is 0 Å². The van der Waals surface area contributed by atoms with Crippen LogP contribution in [0.5, 0.6) is 0 Å². The number of benzene rings is 11. The molecule has 1 heteroatoms. The fourth-order valence-corrected chi connectivity index (χ4v) is 13.2. The number of anilines is 3. The normalized spacial score (nSPS) is 14.0. The van der Waals surface area contributed by atoms with Gasteiger partial charge in [0.2, 0.25) is 0 Å². The summed E-state index contributed by atoms with van der Waals surface area (Å²) in [5, 5.41) is 0. The van der Waals surface area contributed by atoms with Crippen LogP contribution in [0.2, 0.25) is 0 Å². The molecule has 0 heterocycles. The third kappa shape index (κ3) is 5.09. The SMILES string of the molecule is c1ccc(-c2cc(-c3ccccc3)cc(N(c3ccc4c(c3)-c3ccccc3C43c4ccccc4-c4ccccc43)c3ccc4c(c3)C3(c5ccccc5-c5ccccc53)c3ccccc3-4)c2)cc1. The predicted molar refractivity (Wildman–Crippen MR) is 285 cm³/mol. The van der Waals surface area contributed by atoms with E-state index in [0.29, 0.717) is 0 Å². The lowest BCUT2D eigenvalue weighted by molar-refractivity contribution is 0.793. The van der Waals surface area contributed by atoms with Crippen LogP contribution in [0, 0.1) is 0 Å². The summed E-state index contributed by atoms with van der Waals surface area (Å²) in [5.74, 6) is 0. The van der Waals surface area contributed by atoms with Crippen LogP contribution in [0.15, 0.2) is 261 Å². The minimum absolute atomic E-state index is 0.425. The quantitative estimate of drug-likeness (QED) is 0.167. The Morgan fingerprint density at radius 2 is 0.507 bits per heavy atom. The van der Waals surface area contributed by atoms with E-state index in [2.05, 4.69) is 266 Å². The molecule has 15 rings (SSSR count). The molecule has 1 nitrogen and oxygen atoms in total. The monoisotopic (exact) mass is 873 g/mol. The Balaban J connectivity index is 1.02. The maximum absolute atomic E-state index is 2.53. The van der Waals surface area contributed by atoms with Crippen molar-refractivity contribution in [3.63, 3.8) is 0 Å². The minimum atomic E-state index is -0.478. The maximum Gasteiger partial charge on any atom is 0.0726 e. The van der Waals surface area contributed by atoms with E-state index in [1.807, 2.05) is 0 Å². The topological polar surface area (TPSA) is 3.24 Å². The van der Waals surface area contributed by atoms with Gasteiger partial charge in [-0.2, -0.15) is 0 Å². The molecule has 0 saturated carbocycles. The van der Waals surface area contributed by atoms with Gasteiger partial charge in [0.05, 0.1) is 10.8 Å². The van der Waals surface area contributed by atoms with Crippen molar-refractivity contribution in [2.75, 3.05) is 4.90 Å². The molecule has 0 amide bonds. The molecular formula is C68H43N. The molecule has 0 N–H and O–H groups in total. The smallest absolute Gasteiger partial charge is 0.0726 e. The van der Waals surface area contributed by atoms with Gasteiger partial charge >= 0.3 is 0 Å². The van der Waals surface area contributed by atoms with Crippen molar-refractivity contribution in [1.82, 2.24) is 0 Å². The Bertz CT molecular complexity index is 3750. The van der Waals surface area contributed by atoms with Crippen LogP contribution in [0.25, 0.3) is 66.8 Å². The fourth-order valence-electron chi connectivity index (χ4n) is 13.2. The summed E-state index contributed by atoms with van der Waals surface area (Å²) in [6, 6.07) is 98.1. The zero-order valence-corrected chi connectivity index (χ0v) is 37.8. The summed E-state index contributed by atoms with van der Waals surface area (Å²) >= 11 is 0. The minimum Gasteiger partial charge on any atom is -0.310 e. The molecule has 320 valence electrons. The molecule has 2 spiro atoms. The fraction of sp³-hybridized carbons (Fsp3) is 0.0294. The first-order valence-electron chi connectivity index (χ1n) is 24.2. The standard InChI is InChI=1S/C68H43N/c1-3-19-44(20-4-1)46-39-47(45-21-5-2-6-22-45)41-50(40-46)69(48-36-38-65-58(42-48)56-28-12-18-34-64(56)67(65)59-29-13-7-23-51(59)52-24-8-14-30-60(52)67)49-35-37-57-55-27-11-17-33-63(55)68(66(57)43-49)61-31-15-9-25-53(61)54-26-10-16-32-62(54)68/h1-43H. The molecule has 0 fully saturated rings. The van der Waals surface area contributed by atoms with E-state index >= 15 is 0 Å². The second-order valence-electron chi connectivity index (χ2n) is 19.1. The van der Waals surface area contributed by atoms with Crippen LogP contribution in [-0.4, -0.2) is 0 Å². The zero-order chi connectivity index (χ0) is 45.3. The van der Waals surface area contributed by atoms with Gasteiger partial charge in [-0.1, -0.05) is 218 Å². The van der Waals surface area contributed by atoms with Crippen LogP contribution in [0.3, 0.4) is 0 Å². The van der Waals surface area contributed by atoms with Gasteiger partial charge in [0, 0.05) is 17.1 Å². The van der Waals surface area contributed by atoms with Crippen LogP contribution in [-0.2, 0) is 10.8 Å². The number of fused-ring (bicyclic) bond motifs is 20. The Kier molecular flexibility index (Phi) is 7.98.